The largest absolute Gasteiger partial charge is 0.351 e. The molecule has 2 heterocycles. The van der Waals surface area contributed by atoms with E-state index in [0.717, 1.165) is 25.9 Å². The number of carbonyl (C=O) groups is 1. The van der Waals surface area contributed by atoms with E-state index < -0.39 is 6.17 Å². The zero-order valence-electron chi connectivity index (χ0n) is 8.76. The minimum atomic E-state index is -0.870. The molecule has 2 aliphatic rings. The number of hydrogen-bond donors (Lipinski definition) is 3. The van der Waals surface area contributed by atoms with Crippen molar-refractivity contribution in [2.75, 3.05) is 19.6 Å². The van der Waals surface area contributed by atoms with Gasteiger partial charge in [0.1, 0.15) is 6.17 Å². The van der Waals surface area contributed by atoms with Crippen molar-refractivity contribution >= 4 is 5.91 Å². The van der Waals surface area contributed by atoms with Crippen LogP contribution in [-0.4, -0.2) is 43.8 Å². The van der Waals surface area contributed by atoms with Gasteiger partial charge in [-0.15, -0.1) is 0 Å². The fourth-order valence-electron chi connectivity index (χ4n) is 2.17. The van der Waals surface area contributed by atoms with Crippen molar-refractivity contribution in [2.45, 2.75) is 37.5 Å². The van der Waals surface area contributed by atoms with Crippen molar-refractivity contribution in [1.82, 2.24) is 16.0 Å². The highest BCUT2D eigenvalue weighted by atomic mass is 19.1. The van der Waals surface area contributed by atoms with Crippen LogP contribution in [0.25, 0.3) is 0 Å². The van der Waals surface area contributed by atoms with Gasteiger partial charge in [-0.05, 0) is 19.4 Å². The van der Waals surface area contributed by atoms with E-state index >= 15 is 0 Å². The Balaban J connectivity index is 1.76. The molecule has 4 nitrogen and oxygen atoms in total. The van der Waals surface area contributed by atoms with E-state index in [2.05, 4.69) is 16.0 Å². The molecule has 0 aromatic rings. The van der Waals surface area contributed by atoms with Gasteiger partial charge in [-0.2, -0.15) is 0 Å². The summed E-state index contributed by atoms with van der Waals surface area (Å²) in [5.74, 6) is -0.0520. The molecule has 2 fully saturated rings. The van der Waals surface area contributed by atoms with Crippen molar-refractivity contribution in [3.05, 3.63) is 0 Å². The number of halogens is 1. The monoisotopic (exact) mass is 215 g/mol. The molecule has 0 bridgehead atoms. The van der Waals surface area contributed by atoms with Crippen LogP contribution in [0, 0.1) is 0 Å². The second-order valence-electron chi connectivity index (χ2n) is 4.35. The summed E-state index contributed by atoms with van der Waals surface area (Å²) >= 11 is 0. The van der Waals surface area contributed by atoms with E-state index in [1.165, 1.54) is 0 Å². The summed E-state index contributed by atoms with van der Waals surface area (Å²) in [4.78, 5) is 11.7. The topological polar surface area (TPSA) is 53.2 Å². The third-order valence-electron chi connectivity index (χ3n) is 3.04. The average molecular weight is 215 g/mol. The van der Waals surface area contributed by atoms with Crippen molar-refractivity contribution in [3.63, 3.8) is 0 Å². The summed E-state index contributed by atoms with van der Waals surface area (Å²) in [5, 5.41) is 9.07. The first kappa shape index (κ1) is 10.8. The van der Waals surface area contributed by atoms with Crippen LogP contribution >= 0.6 is 0 Å². The molecular formula is C10H18FN3O. The highest BCUT2D eigenvalue weighted by Gasteiger charge is 2.30. The molecule has 3 N–H and O–H groups in total. The zero-order valence-corrected chi connectivity index (χ0v) is 8.76. The van der Waals surface area contributed by atoms with Crippen molar-refractivity contribution in [1.29, 1.82) is 0 Å². The molecule has 0 saturated carbocycles. The molecule has 0 aromatic carbocycles. The van der Waals surface area contributed by atoms with Gasteiger partial charge in [0.05, 0.1) is 6.04 Å². The van der Waals surface area contributed by atoms with Crippen molar-refractivity contribution in [2.24, 2.45) is 0 Å². The lowest BCUT2D eigenvalue weighted by molar-refractivity contribution is -0.123. The maximum atomic E-state index is 12.9. The molecule has 1 amide bonds. The number of piperidine rings is 1. The van der Waals surface area contributed by atoms with Gasteiger partial charge in [0.25, 0.3) is 0 Å². The fourth-order valence-corrected chi connectivity index (χ4v) is 2.17. The SMILES string of the molecule is O=C(N[C@@H]1CCCNC1)C1CC(F)CN1. The Bertz CT molecular complexity index is 231. The maximum absolute atomic E-state index is 12.9. The van der Waals surface area contributed by atoms with Crippen molar-refractivity contribution < 1.29 is 9.18 Å². The van der Waals surface area contributed by atoms with Crippen LogP contribution in [0.5, 0.6) is 0 Å². The molecular weight excluding hydrogens is 197 g/mol. The standard InChI is InChI=1S/C10H18FN3O/c11-7-4-9(13-5-7)10(15)14-8-2-1-3-12-6-8/h7-9,12-13H,1-6H2,(H,14,15)/t7?,8-,9?/m1/s1. The second kappa shape index (κ2) is 4.90. The van der Waals surface area contributed by atoms with Gasteiger partial charge in [-0.3, -0.25) is 4.79 Å². The van der Waals surface area contributed by atoms with E-state index in [0.29, 0.717) is 13.0 Å². The third kappa shape index (κ3) is 2.89. The number of nitrogens with one attached hydrogen (secondary N) is 3. The number of alkyl halides is 1. The predicted molar refractivity (Wildman–Crippen MR) is 55.3 cm³/mol. The molecule has 5 heteroatoms. The molecule has 86 valence electrons. The molecule has 2 unspecified atom stereocenters. The molecule has 0 radical (unpaired) electrons. The highest BCUT2D eigenvalue weighted by molar-refractivity contribution is 5.82. The predicted octanol–water partition coefficient (Wildman–Crippen LogP) is -0.445. The van der Waals surface area contributed by atoms with E-state index in [1.807, 2.05) is 0 Å². The van der Waals surface area contributed by atoms with Gasteiger partial charge >= 0.3 is 0 Å². The van der Waals surface area contributed by atoms with E-state index in [1.54, 1.807) is 0 Å². The van der Waals surface area contributed by atoms with E-state index in [-0.39, 0.29) is 18.0 Å². The maximum Gasteiger partial charge on any atom is 0.237 e. The molecule has 0 aromatic heterocycles. The van der Waals surface area contributed by atoms with E-state index in [9.17, 15) is 9.18 Å². The molecule has 3 atom stereocenters. The second-order valence-corrected chi connectivity index (χ2v) is 4.35. The minimum absolute atomic E-state index is 0.0520. The Morgan fingerprint density at radius 3 is 2.87 bits per heavy atom. The molecule has 2 aliphatic heterocycles. The quantitative estimate of drug-likeness (QED) is 0.585. The van der Waals surface area contributed by atoms with Crippen LogP contribution < -0.4 is 16.0 Å². The van der Waals surface area contributed by atoms with Gasteiger partial charge < -0.3 is 16.0 Å². The van der Waals surface area contributed by atoms with Gasteiger partial charge in [-0.25, -0.2) is 4.39 Å². The first-order valence-corrected chi connectivity index (χ1v) is 5.64. The first-order valence-electron chi connectivity index (χ1n) is 5.64. The van der Waals surface area contributed by atoms with Gasteiger partial charge in [-0.1, -0.05) is 0 Å². The molecule has 2 rings (SSSR count). The minimum Gasteiger partial charge on any atom is -0.351 e. The Kier molecular flexibility index (Phi) is 3.53. The van der Waals surface area contributed by atoms with Crippen LogP contribution in [-0.2, 0) is 4.79 Å². The van der Waals surface area contributed by atoms with Crippen LogP contribution in [0.3, 0.4) is 0 Å². The Hall–Kier alpha value is -0.680. The first-order chi connectivity index (χ1) is 7.25. The zero-order chi connectivity index (χ0) is 10.7. The summed E-state index contributed by atoms with van der Waals surface area (Å²) in [6.45, 7) is 2.17. The normalized spacial score (nSPS) is 36.5. The van der Waals surface area contributed by atoms with Gasteiger partial charge in [0, 0.05) is 25.6 Å². The number of hydrogen-bond acceptors (Lipinski definition) is 3. The summed E-state index contributed by atoms with van der Waals surface area (Å²) < 4.78 is 12.9. The van der Waals surface area contributed by atoms with Crippen LogP contribution in [0.2, 0.25) is 0 Å². The lowest BCUT2D eigenvalue weighted by Crippen LogP contribution is -2.50. The lowest BCUT2D eigenvalue weighted by atomic mass is 10.1. The molecule has 15 heavy (non-hydrogen) atoms. The van der Waals surface area contributed by atoms with Gasteiger partial charge in [0.15, 0.2) is 0 Å². The Labute approximate surface area is 89.0 Å². The lowest BCUT2D eigenvalue weighted by Gasteiger charge is -2.25. The average Bonchev–Trinajstić information content (AvgIpc) is 2.66. The van der Waals surface area contributed by atoms with Gasteiger partial charge in [0.2, 0.25) is 5.91 Å². The third-order valence-corrected chi connectivity index (χ3v) is 3.04. The van der Waals surface area contributed by atoms with Crippen LogP contribution in [0.4, 0.5) is 4.39 Å². The smallest absolute Gasteiger partial charge is 0.237 e. The Morgan fingerprint density at radius 1 is 1.40 bits per heavy atom. The number of amides is 1. The molecule has 0 spiro atoms. The summed E-state index contributed by atoms with van der Waals surface area (Å²) in [6, 6.07) is -0.117. The van der Waals surface area contributed by atoms with E-state index in [4.69, 9.17) is 0 Å². The summed E-state index contributed by atoms with van der Waals surface area (Å²) in [5.41, 5.74) is 0. The number of rotatable bonds is 2. The number of carbonyl (C=O) groups excluding carboxylic acids is 1. The summed E-state index contributed by atoms with van der Waals surface area (Å²) in [6.07, 6.45) is 1.55. The fraction of sp³-hybridized carbons (Fsp3) is 0.900. The van der Waals surface area contributed by atoms with Crippen LogP contribution in [0.15, 0.2) is 0 Å². The van der Waals surface area contributed by atoms with Crippen molar-refractivity contribution in [3.8, 4) is 0 Å². The molecule has 0 aliphatic carbocycles. The summed E-state index contributed by atoms with van der Waals surface area (Å²) in [7, 11) is 0. The highest BCUT2D eigenvalue weighted by Crippen LogP contribution is 2.10. The Morgan fingerprint density at radius 2 is 2.27 bits per heavy atom. The molecule has 2 saturated heterocycles. The van der Waals surface area contributed by atoms with Crippen LogP contribution in [0.1, 0.15) is 19.3 Å².